The van der Waals surface area contributed by atoms with Crippen LogP contribution in [0.2, 0.25) is 0 Å². The van der Waals surface area contributed by atoms with E-state index >= 15 is 0 Å². The minimum Gasteiger partial charge on any atom is -0.481 e. The minimum atomic E-state index is -1.46. The van der Waals surface area contributed by atoms with Gasteiger partial charge in [0.05, 0.1) is 12.6 Å². The second-order valence-corrected chi connectivity index (χ2v) is 8.10. The molecule has 34 heavy (non-hydrogen) atoms. The number of amides is 3. The summed E-state index contributed by atoms with van der Waals surface area (Å²) in [4.78, 5) is 59.9. The van der Waals surface area contributed by atoms with Gasteiger partial charge in [-0.15, -0.1) is 0 Å². The molecule has 188 valence electrons. The predicted octanol–water partition coefficient (Wildman–Crippen LogP) is -1.39. The van der Waals surface area contributed by atoms with Gasteiger partial charge in [-0.05, 0) is 17.9 Å². The molecule has 0 aliphatic carbocycles. The van der Waals surface area contributed by atoms with Gasteiger partial charge in [0.25, 0.3) is 0 Å². The number of hydrogen-bond donors (Lipinski definition) is 7. The molecule has 0 unspecified atom stereocenters. The zero-order valence-corrected chi connectivity index (χ0v) is 19.1. The van der Waals surface area contributed by atoms with Gasteiger partial charge < -0.3 is 37.0 Å². The van der Waals surface area contributed by atoms with E-state index in [0.29, 0.717) is 5.56 Å². The van der Waals surface area contributed by atoms with Gasteiger partial charge in [0, 0.05) is 12.8 Å². The Morgan fingerprint density at radius 2 is 1.44 bits per heavy atom. The van der Waals surface area contributed by atoms with Crippen LogP contribution < -0.4 is 21.7 Å². The average Bonchev–Trinajstić information content (AvgIpc) is 2.78. The van der Waals surface area contributed by atoms with E-state index in [1.165, 1.54) is 0 Å². The van der Waals surface area contributed by atoms with Crippen molar-refractivity contribution >= 4 is 29.7 Å². The van der Waals surface area contributed by atoms with Crippen LogP contribution in [0.4, 0.5) is 0 Å². The first-order valence-electron chi connectivity index (χ1n) is 10.7. The van der Waals surface area contributed by atoms with Gasteiger partial charge in [0.15, 0.2) is 0 Å². The van der Waals surface area contributed by atoms with E-state index in [1.54, 1.807) is 44.2 Å². The van der Waals surface area contributed by atoms with Crippen LogP contribution in [-0.4, -0.2) is 75.8 Å². The monoisotopic (exact) mass is 480 g/mol. The lowest BCUT2D eigenvalue weighted by Gasteiger charge is -2.25. The Bertz CT molecular complexity index is 862. The van der Waals surface area contributed by atoms with Crippen LogP contribution in [0, 0.1) is 5.92 Å². The Hall–Kier alpha value is -3.51. The number of nitrogens with one attached hydrogen (secondary N) is 3. The summed E-state index contributed by atoms with van der Waals surface area (Å²) in [5, 5.41) is 34.7. The summed E-state index contributed by atoms with van der Waals surface area (Å²) < 4.78 is 0. The van der Waals surface area contributed by atoms with Crippen molar-refractivity contribution in [3.63, 3.8) is 0 Å². The number of aliphatic hydroxyl groups is 1. The molecule has 0 aliphatic rings. The highest BCUT2D eigenvalue weighted by Gasteiger charge is 2.31. The van der Waals surface area contributed by atoms with E-state index in [2.05, 4.69) is 16.0 Å². The van der Waals surface area contributed by atoms with Crippen LogP contribution in [0.15, 0.2) is 30.3 Å². The highest BCUT2D eigenvalue weighted by atomic mass is 16.4. The molecule has 1 aromatic carbocycles. The van der Waals surface area contributed by atoms with Gasteiger partial charge in [-0.25, -0.2) is 4.79 Å². The van der Waals surface area contributed by atoms with Crippen LogP contribution in [0.25, 0.3) is 0 Å². The molecule has 8 N–H and O–H groups in total. The minimum absolute atomic E-state index is 0.0209. The molecular weight excluding hydrogens is 448 g/mol. The molecule has 0 fully saturated rings. The standard InChI is InChI=1S/C22H32N4O8/c1-12(2)18(22(33)34)26-20(31)15(10-13-6-4-3-5-7-13)24-21(32)16(11-27)25-19(30)14(23)8-9-17(28)29/h3-7,12,14-16,18,27H,8-11,23H2,1-2H3,(H,24,32)(H,25,30)(H,26,31)(H,28,29)(H,33,34)/t14-,15-,16-,18-/m0/s1. The molecule has 3 amide bonds. The van der Waals surface area contributed by atoms with Crippen molar-refractivity contribution in [2.75, 3.05) is 6.61 Å². The Morgan fingerprint density at radius 1 is 0.882 bits per heavy atom. The van der Waals surface area contributed by atoms with Crippen molar-refractivity contribution in [3.05, 3.63) is 35.9 Å². The van der Waals surface area contributed by atoms with Crippen molar-refractivity contribution in [1.82, 2.24) is 16.0 Å². The largest absolute Gasteiger partial charge is 0.481 e. The van der Waals surface area contributed by atoms with Crippen LogP contribution in [-0.2, 0) is 30.4 Å². The summed E-state index contributed by atoms with van der Waals surface area (Å²) in [6, 6.07) is 3.59. The third-order valence-electron chi connectivity index (χ3n) is 4.97. The fraction of sp³-hybridized carbons (Fsp3) is 0.500. The van der Waals surface area contributed by atoms with Crippen LogP contribution in [0.5, 0.6) is 0 Å². The van der Waals surface area contributed by atoms with E-state index < -0.39 is 66.4 Å². The van der Waals surface area contributed by atoms with E-state index in [4.69, 9.17) is 10.8 Å². The lowest BCUT2D eigenvalue weighted by molar-refractivity contribution is -0.143. The molecule has 0 aromatic heterocycles. The molecule has 12 nitrogen and oxygen atoms in total. The number of rotatable bonds is 14. The normalized spacial score (nSPS) is 14.4. The molecule has 12 heteroatoms. The van der Waals surface area contributed by atoms with Gasteiger partial charge in [0.2, 0.25) is 17.7 Å². The summed E-state index contributed by atoms with van der Waals surface area (Å²) in [7, 11) is 0. The first-order valence-corrected chi connectivity index (χ1v) is 10.7. The summed E-state index contributed by atoms with van der Waals surface area (Å²) >= 11 is 0. The van der Waals surface area contributed by atoms with Crippen molar-refractivity contribution in [2.45, 2.75) is 57.3 Å². The summed E-state index contributed by atoms with van der Waals surface area (Å²) in [5.74, 6) is -5.29. The lowest BCUT2D eigenvalue weighted by atomic mass is 10.0. The molecule has 0 heterocycles. The molecule has 0 spiro atoms. The molecule has 4 atom stereocenters. The molecule has 0 radical (unpaired) electrons. The third kappa shape index (κ3) is 9.55. The molecule has 1 aromatic rings. The Kier molecular flexibility index (Phi) is 11.7. The molecular formula is C22H32N4O8. The fourth-order valence-electron chi connectivity index (χ4n) is 2.98. The predicted molar refractivity (Wildman–Crippen MR) is 120 cm³/mol. The lowest BCUT2D eigenvalue weighted by Crippen LogP contribution is -2.59. The van der Waals surface area contributed by atoms with E-state index in [1.807, 2.05) is 0 Å². The Labute approximate surface area is 196 Å². The highest BCUT2D eigenvalue weighted by molar-refractivity contribution is 5.94. The number of carboxylic acids is 2. The summed E-state index contributed by atoms with van der Waals surface area (Å²) in [6.45, 7) is 2.43. The SMILES string of the molecule is CC(C)[C@H](NC(=O)[C@H](Cc1ccccc1)NC(=O)[C@H](CO)NC(=O)[C@@H](N)CCC(=O)O)C(=O)O. The molecule has 0 aliphatic heterocycles. The second-order valence-electron chi connectivity index (χ2n) is 8.10. The van der Waals surface area contributed by atoms with Crippen LogP contribution in [0.1, 0.15) is 32.3 Å². The first kappa shape index (κ1) is 28.5. The maximum absolute atomic E-state index is 12.9. The third-order valence-corrected chi connectivity index (χ3v) is 4.97. The fourth-order valence-corrected chi connectivity index (χ4v) is 2.98. The van der Waals surface area contributed by atoms with Crippen molar-refractivity contribution in [3.8, 4) is 0 Å². The number of benzene rings is 1. The number of carbonyl (C=O) groups is 5. The van der Waals surface area contributed by atoms with E-state index in [0.717, 1.165) is 0 Å². The number of carbonyl (C=O) groups excluding carboxylic acids is 3. The van der Waals surface area contributed by atoms with Gasteiger partial charge in [-0.1, -0.05) is 44.2 Å². The Balaban J connectivity index is 2.97. The number of nitrogens with two attached hydrogens (primary N) is 1. The van der Waals surface area contributed by atoms with E-state index in [-0.39, 0.29) is 19.3 Å². The van der Waals surface area contributed by atoms with Crippen molar-refractivity contribution in [2.24, 2.45) is 11.7 Å². The van der Waals surface area contributed by atoms with Crippen molar-refractivity contribution < 1.29 is 39.3 Å². The second kappa shape index (κ2) is 13.9. The zero-order valence-electron chi connectivity index (χ0n) is 19.1. The number of aliphatic carboxylic acids is 2. The topological polar surface area (TPSA) is 208 Å². The number of carboxylic acid groups (broad SMARTS) is 2. The average molecular weight is 481 g/mol. The van der Waals surface area contributed by atoms with Gasteiger partial charge in [-0.2, -0.15) is 0 Å². The maximum Gasteiger partial charge on any atom is 0.326 e. The number of aliphatic hydroxyl groups excluding tert-OH is 1. The van der Waals surface area contributed by atoms with Gasteiger partial charge >= 0.3 is 11.9 Å². The van der Waals surface area contributed by atoms with Crippen molar-refractivity contribution in [1.29, 1.82) is 0 Å². The van der Waals surface area contributed by atoms with E-state index in [9.17, 15) is 34.2 Å². The van der Waals surface area contributed by atoms with Gasteiger partial charge in [-0.3, -0.25) is 19.2 Å². The van der Waals surface area contributed by atoms with Crippen LogP contribution >= 0.6 is 0 Å². The highest BCUT2D eigenvalue weighted by Crippen LogP contribution is 2.07. The maximum atomic E-state index is 12.9. The molecule has 1 rings (SSSR count). The number of hydrogen-bond acceptors (Lipinski definition) is 7. The molecule has 0 saturated carbocycles. The zero-order chi connectivity index (χ0) is 25.8. The van der Waals surface area contributed by atoms with Crippen LogP contribution in [0.3, 0.4) is 0 Å². The van der Waals surface area contributed by atoms with Gasteiger partial charge in [0.1, 0.15) is 18.1 Å². The summed E-state index contributed by atoms with van der Waals surface area (Å²) in [6.07, 6.45) is -0.511. The quantitative estimate of drug-likeness (QED) is 0.167. The summed E-state index contributed by atoms with van der Waals surface area (Å²) in [5.41, 5.74) is 6.30. The smallest absolute Gasteiger partial charge is 0.326 e. The molecule has 0 bridgehead atoms. The Morgan fingerprint density at radius 3 is 1.94 bits per heavy atom. The molecule has 0 saturated heterocycles. The first-order chi connectivity index (χ1) is 16.0.